The van der Waals surface area contributed by atoms with Crippen LogP contribution in [0.1, 0.15) is 13.3 Å². The van der Waals surface area contributed by atoms with Crippen molar-refractivity contribution in [2.75, 3.05) is 37.1 Å². The highest BCUT2D eigenvalue weighted by Crippen LogP contribution is 2.16. The van der Waals surface area contributed by atoms with Crippen LogP contribution in [0, 0.1) is 0 Å². The van der Waals surface area contributed by atoms with Crippen molar-refractivity contribution in [2.24, 2.45) is 0 Å². The first-order valence-corrected chi connectivity index (χ1v) is 8.32. The minimum absolute atomic E-state index is 0.00477. The molecule has 2 N–H and O–H groups in total. The van der Waals surface area contributed by atoms with Crippen LogP contribution in [0.4, 0.5) is 5.69 Å². The molecule has 0 bridgehead atoms. The van der Waals surface area contributed by atoms with Crippen molar-refractivity contribution < 1.29 is 19.4 Å². The minimum atomic E-state index is -0.643. The van der Waals surface area contributed by atoms with Crippen LogP contribution in [-0.2, 0) is 9.53 Å². The van der Waals surface area contributed by atoms with E-state index in [4.69, 9.17) is 9.47 Å². The number of aliphatic hydroxyl groups is 1. The summed E-state index contributed by atoms with van der Waals surface area (Å²) >= 11 is 1.64. The number of hydrogen-bond donors (Lipinski definition) is 2. The summed E-state index contributed by atoms with van der Waals surface area (Å²) in [4.78, 5) is 11.6. The lowest BCUT2D eigenvalue weighted by atomic mass is 10.3. The molecule has 1 atom stereocenters. The Hall–Kier alpha value is -1.24. The molecule has 0 unspecified atom stereocenters. The molecule has 0 spiro atoms. The maximum Gasteiger partial charge on any atom is 0.225 e. The number of nitrogens with one attached hydrogen (secondary N) is 1. The van der Waals surface area contributed by atoms with E-state index >= 15 is 0 Å². The number of rotatable bonds is 10. The molecule has 6 heteroatoms. The van der Waals surface area contributed by atoms with Gasteiger partial charge in [0.25, 0.3) is 0 Å². The van der Waals surface area contributed by atoms with Crippen LogP contribution >= 0.6 is 11.8 Å². The number of aliphatic hydroxyl groups excluding tert-OH is 1. The predicted octanol–water partition coefficient (Wildman–Crippen LogP) is 2.15. The second-order valence-electron chi connectivity index (χ2n) is 4.44. The fraction of sp³-hybridized carbons (Fsp3) is 0.533. The molecular weight excluding hydrogens is 290 g/mol. The first-order valence-electron chi connectivity index (χ1n) is 6.93. The molecule has 0 aliphatic carbocycles. The Morgan fingerprint density at radius 3 is 2.67 bits per heavy atom. The van der Waals surface area contributed by atoms with E-state index in [-0.39, 0.29) is 19.1 Å². The van der Waals surface area contributed by atoms with Crippen LogP contribution in [0.3, 0.4) is 0 Å². The third kappa shape index (κ3) is 7.94. The van der Waals surface area contributed by atoms with Gasteiger partial charge in [-0.05, 0) is 37.4 Å². The number of amides is 1. The molecule has 0 radical (unpaired) electrons. The van der Waals surface area contributed by atoms with Crippen molar-refractivity contribution in [2.45, 2.75) is 19.4 Å². The molecule has 0 heterocycles. The van der Waals surface area contributed by atoms with E-state index in [1.165, 1.54) is 0 Å². The van der Waals surface area contributed by atoms with Crippen LogP contribution in [0.5, 0.6) is 5.75 Å². The van der Waals surface area contributed by atoms with Gasteiger partial charge in [0.15, 0.2) is 0 Å². The Morgan fingerprint density at radius 2 is 2.05 bits per heavy atom. The molecule has 21 heavy (non-hydrogen) atoms. The van der Waals surface area contributed by atoms with E-state index in [0.717, 1.165) is 11.4 Å². The zero-order valence-corrected chi connectivity index (χ0v) is 13.3. The topological polar surface area (TPSA) is 67.8 Å². The molecule has 0 saturated carbocycles. The van der Waals surface area contributed by atoms with Gasteiger partial charge in [-0.1, -0.05) is 0 Å². The Labute approximate surface area is 130 Å². The number of benzene rings is 1. The highest BCUT2D eigenvalue weighted by molar-refractivity contribution is 7.98. The lowest BCUT2D eigenvalue weighted by Gasteiger charge is -2.12. The van der Waals surface area contributed by atoms with Gasteiger partial charge in [-0.15, -0.1) is 0 Å². The van der Waals surface area contributed by atoms with Gasteiger partial charge in [0.1, 0.15) is 18.5 Å². The number of thioether (sulfide) groups is 1. The first kappa shape index (κ1) is 17.8. The van der Waals surface area contributed by atoms with Gasteiger partial charge in [0.2, 0.25) is 5.91 Å². The molecule has 0 saturated heterocycles. The summed E-state index contributed by atoms with van der Waals surface area (Å²) in [6.45, 7) is 2.89. The van der Waals surface area contributed by atoms with Gasteiger partial charge in [-0.3, -0.25) is 4.79 Å². The SMILES string of the molecule is CCOC[C@@H](O)COc1ccc(NC(=O)CCSC)cc1. The van der Waals surface area contributed by atoms with Gasteiger partial charge in [0, 0.05) is 24.5 Å². The lowest BCUT2D eigenvalue weighted by Crippen LogP contribution is -2.23. The van der Waals surface area contributed by atoms with Gasteiger partial charge in [-0.2, -0.15) is 11.8 Å². The summed E-state index contributed by atoms with van der Waals surface area (Å²) in [6.07, 6.45) is 1.83. The Morgan fingerprint density at radius 1 is 1.33 bits per heavy atom. The van der Waals surface area contributed by atoms with Gasteiger partial charge in [-0.25, -0.2) is 0 Å². The zero-order valence-electron chi connectivity index (χ0n) is 12.5. The molecule has 1 aromatic rings. The van der Waals surface area contributed by atoms with Crippen molar-refractivity contribution in [3.05, 3.63) is 24.3 Å². The number of carbonyl (C=O) groups is 1. The molecular formula is C15H23NO4S. The van der Waals surface area contributed by atoms with Crippen LogP contribution in [0.15, 0.2) is 24.3 Å². The second kappa shape index (κ2) is 10.5. The fourth-order valence-electron chi connectivity index (χ4n) is 1.55. The van der Waals surface area contributed by atoms with E-state index in [9.17, 15) is 9.90 Å². The van der Waals surface area contributed by atoms with Crippen LogP contribution in [0.2, 0.25) is 0 Å². The second-order valence-corrected chi connectivity index (χ2v) is 5.43. The van der Waals surface area contributed by atoms with Crippen LogP contribution in [-0.4, -0.2) is 48.9 Å². The smallest absolute Gasteiger partial charge is 0.225 e. The Balaban J connectivity index is 2.34. The highest BCUT2D eigenvalue weighted by Gasteiger charge is 2.06. The summed E-state index contributed by atoms with van der Waals surface area (Å²) in [6, 6.07) is 7.08. The molecule has 1 aromatic carbocycles. The zero-order chi connectivity index (χ0) is 15.5. The molecule has 118 valence electrons. The average Bonchev–Trinajstić information content (AvgIpc) is 2.50. The summed E-state index contributed by atoms with van der Waals surface area (Å²) in [5.74, 6) is 1.46. The normalized spacial score (nSPS) is 12.0. The third-order valence-electron chi connectivity index (χ3n) is 2.63. The predicted molar refractivity (Wildman–Crippen MR) is 86.1 cm³/mol. The number of ether oxygens (including phenoxy) is 2. The lowest BCUT2D eigenvalue weighted by molar-refractivity contribution is -0.115. The van der Waals surface area contributed by atoms with Crippen LogP contribution in [0.25, 0.3) is 0 Å². The van der Waals surface area contributed by atoms with Crippen molar-refractivity contribution in [1.29, 1.82) is 0 Å². The van der Waals surface area contributed by atoms with E-state index < -0.39 is 6.10 Å². The molecule has 1 amide bonds. The minimum Gasteiger partial charge on any atom is -0.491 e. The van der Waals surface area contributed by atoms with Gasteiger partial charge < -0.3 is 19.9 Å². The molecule has 0 aliphatic heterocycles. The summed E-state index contributed by atoms with van der Waals surface area (Å²) < 4.78 is 10.5. The van der Waals surface area contributed by atoms with E-state index in [1.807, 2.05) is 13.2 Å². The maximum atomic E-state index is 11.6. The molecule has 5 nitrogen and oxygen atoms in total. The van der Waals surface area contributed by atoms with Gasteiger partial charge >= 0.3 is 0 Å². The molecule has 0 aromatic heterocycles. The average molecular weight is 313 g/mol. The van der Waals surface area contributed by atoms with Crippen molar-refractivity contribution in [1.82, 2.24) is 0 Å². The quantitative estimate of drug-likeness (QED) is 0.693. The van der Waals surface area contributed by atoms with E-state index in [1.54, 1.807) is 36.0 Å². The van der Waals surface area contributed by atoms with Crippen molar-refractivity contribution in [3.63, 3.8) is 0 Å². The van der Waals surface area contributed by atoms with E-state index in [2.05, 4.69) is 5.32 Å². The Bertz CT molecular complexity index is 411. The van der Waals surface area contributed by atoms with E-state index in [0.29, 0.717) is 18.8 Å². The fourth-order valence-corrected chi connectivity index (χ4v) is 1.94. The molecule has 0 fully saturated rings. The number of carbonyl (C=O) groups excluding carboxylic acids is 1. The molecule has 1 rings (SSSR count). The summed E-state index contributed by atoms with van der Waals surface area (Å²) in [5, 5.41) is 12.4. The number of anilines is 1. The monoisotopic (exact) mass is 313 g/mol. The van der Waals surface area contributed by atoms with Crippen molar-refractivity contribution >= 4 is 23.4 Å². The van der Waals surface area contributed by atoms with Gasteiger partial charge in [0.05, 0.1) is 6.61 Å². The van der Waals surface area contributed by atoms with Crippen LogP contribution < -0.4 is 10.1 Å². The first-order chi connectivity index (χ1) is 10.2. The Kier molecular flexibility index (Phi) is 8.89. The maximum absolute atomic E-state index is 11.6. The molecule has 0 aliphatic rings. The standard InChI is InChI=1S/C15H23NO4S/c1-3-19-10-13(17)11-20-14-6-4-12(5-7-14)16-15(18)8-9-21-2/h4-7,13,17H,3,8-11H2,1-2H3,(H,16,18)/t13-/m1/s1. The van der Waals surface area contributed by atoms with Crippen molar-refractivity contribution in [3.8, 4) is 5.75 Å². The highest BCUT2D eigenvalue weighted by atomic mass is 32.2. The largest absolute Gasteiger partial charge is 0.491 e. The summed E-state index contributed by atoms with van der Waals surface area (Å²) in [7, 11) is 0. The number of hydrogen-bond acceptors (Lipinski definition) is 5. The third-order valence-corrected chi connectivity index (χ3v) is 3.24. The summed E-state index contributed by atoms with van der Waals surface area (Å²) in [5.41, 5.74) is 0.739.